The summed E-state index contributed by atoms with van der Waals surface area (Å²) in [5.41, 5.74) is 1.45. The average molecular weight is 312 g/mol. The summed E-state index contributed by atoms with van der Waals surface area (Å²) in [4.78, 5) is 30.8. The third-order valence-electron chi connectivity index (χ3n) is 4.39. The molecule has 0 bridgehead atoms. The SMILES string of the molecule is COC(=O)CC1CCCCN1C(=O)c1cccc2ncccc12. The Morgan fingerprint density at radius 3 is 2.96 bits per heavy atom. The molecule has 2 heterocycles. The zero-order chi connectivity index (χ0) is 16.2. The molecule has 0 N–H and O–H groups in total. The van der Waals surface area contributed by atoms with Crippen LogP contribution in [0.5, 0.6) is 0 Å². The summed E-state index contributed by atoms with van der Waals surface area (Å²) in [7, 11) is 1.38. The van der Waals surface area contributed by atoms with E-state index in [0.717, 1.165) is 30.2 Å². The van der Waals surface area contributed by atoms with Crippen molar-refractivity contribution in [2.45, 2.75) is 31.7 Å². The maximum absolute atomic E-state index is 13.0. The molecular formula is C18H20N2O3. The van der Waals surface area contributed by atoms with Gasteiger partial charge in [0.1, 0.15) is 0 Å². The van der Waals surface area contributed by atoms with Gasteiger partial charge in [-0.25, -0.2) is 0 Å². The van der Waals surface area contributed by atoms with Gasteiger partial charge in [-0.15, -0.1) is 0 Å². The van der Waals surface area contributed by atoms with E-state index in [9.17, 15) is 9.59 Å². The topological polar surface area (TPSA) is 59.5 Å². The van der Waals surface area contributed by atoms with Crippen LogP contribution < -0.4 is 0 Å². The number of ether oxygens (including phenoxy) is 1. The average Bonchev–Trinajstić information content (AvgIpc) is 2.61. The van der Waals surface area contributed by atoms with Gasteiger partial charge in [-0.2, -0.15) is 0 Å². The van der Waals surface area contributed by atoms with Crippen molar-refractivity contribution in [1.82, 2.24) is 9.88 Å². The smallest absolute Gasteiger partial charge is 0.307 e. The molecule has 2 aromatic rings. The summed E-state index contributed by atoms with van der Waals surface area (Å²) in [6.45, 7) is 0.678. The molecule has 0 spiro atoms. The summed E-state index contributed by atoms with van der Waals surface area (Å²) in [5, 5.41) is 0.849. The minimum absolute atomic E-state index is 0.0304. The highest BCUT2D eigenvalue weighted by atomic mass is 16.5. The lowest BCUT2D eigenvalue weighted by Gasteiger charge is -2.35. The molecule has 0 saturated carbocycles. The molecule has 1 aromatic heterocycles. The molecular weight excluding hydrogens is 292 g/mol. The molecule has 1 fully saturated rings. The van der Waals surface area contributed by atoms with Crippen molar-refractivity contribution >= 4 is 22.8 Å². The van der Waals surface area contributed by atoms with Crippen molar-refractivity contribution in [3.05, 3.63) is 42.1 Å². The van der Waals surface area contributed by atoms with Crippen molar-refractivity contribution in [3.8, 4) is 0 Å². The second kappa shape index (κ2) is 6.77. The Morgan fingerprint density at radius 2 is 2.13 bits per heavy atom. The van der Waals surface area contributed by atoms with Gasteiger partial charge in [-0.05, 0) is 37.5 Å². The molecule has 23 heavy (non-hydrogen) atoms. The molecule has 1 unspecified atom stereocenters. The highest BCUT2D eigenvalue weighted by Crippen LogP contribution is 2.25. The third kappa shape index (κ3) is 3.18. The van der Waals surface area contributed by atoms with E-state index >= 15 is 0 Å². The number of nitrogens with zero attached hydrogens (tertiary/aromatic N) is 2. The minimum Gasteiger partial charge on any atom is -0.469 e. The molecule has 1 amide bonds. The monoisotopic (exact) mass is 312 g/mol. The van der Waals surface area contributed by atoms with Crippen LogP contribution >= 0.6 is 0 Å². The molecule has 1 atom stereocenters. The van der Waals surface area contributed by atoms with Crippen LogP contribution in [-0.4, -0.2) is 41.5 Å². The normalized spacial score (nSPS) is 18.0. The van der Waals surface area contributed by atoms with Crippen LogP contribution in [0, 0.1) is 0 Å². The first-order chi connectivity index (χ1) is 11.2. The van der Waals surface area contributed by atoms with Crippen LogP contribution in [0.15, 0.2) is 36.5 Å². The van der Waals surface area contributed by atoms with Crippen molar-refractivity contribution in [1.29, 1.82) is 0 Å². The number of hydrogen-bond donors (Lipinski definition) is 0. The molecule has 1 saturated heterocycles. The zero-order valence-corrected chi connectivity index (χ0v) is 13.2. The van der Waals surface area contributed by atoms with Gasteiger partial charge in [0.25, 0.3) is 5.91 Å². The Balaban J connectivity index is 1.91. The Hall–Kier alpha value is -2.43. The summed E-state index contributed by atoms with van der Waals surface area (Å²) >= 11 is 0. The molecule has 0 radical (unpaired) electrons. The Kier molecular flexibility index (Phi) is 4.55. The van der Waals surface area contributed by atoms with Crippen LogP contribution in [0.3, 0.4) is 0 Å². The summed E-state index contributed by atoms with van der Waals surface area (Å²) in [5.74, 6) is -0.300. The summed E-state index contributed by atoms with van der Waals surface area (Å²) in [6, 6.07) is 9.23. The summed E-state index contributed by atoms with van der Waals surface area (Å²) in [6.07, 6.45) is 4.81. The summed E-state index contributed by atoms with van der Waals surface area (Å²) < 4.78 is 4.77. The molecule has 120 valence electrons. The number of methoxy groups -OCH3 is 1. The number of piperidine rings is 1. The number of rotatable bonds is 3. The van der Waals surface area contributed by atoms with E-state index in [4.69, 9.17) is 4.74 Å². The minimum atomic E-state index is -0.269. The fourth-order valence-corrected chi connectivity index (χ4v) is 3.20. The first-order valence-electron chi connectivity index (χ1n) is 7.92. The van der Waals surface area contributed by atoms with E-state index in [0.29, 0.717) is 12.1 Å². The third-order valence-corrected chi connectivity index (χ3v) is 4.39. The van der Waals surface area contributed by atoms with Crippen molar-refractivity contribution in [3.63, 3.8) is 0 Å². The maximum atomic E-state index is 13.0. The number of carbonyl (C=O) groups is 2. The number of esters is 1. The first kappa shape index (κ1) is 15.5. The van der Waals surface area contributed by atoms with Gasteiger partial charge in [-0.1, -0.05) is 12.1 Å². The quantitative estimate of drug-likeness (QED) is 0.818. The van der Waals surface area contributed by atoms with Crippen LogP contribution in [0.2, 0.25) is 0 Å². The van der Waals surface area contributed by atoms with Crippen LogP contribution in [-0.2, 0) is 9.53 Å². The van der Waals surface area contributed by atoms with Crippen molar-refractivity contribution in [2.24, 2.45) is 0 Å². The lowest BCUT2D eigenvalue weighted by atomic mass is 9.97. The number of hydrogen-bond acceptors (Lipinski definition) is 4. The number of amides is 1. The van der Waals surface area contributed by atoms with Gasteiger partial charge >= 0.3 is 5.97 Å². The van der Waals surface area contributed by atoms with E-state index < -0.39 is 0 Å². The van der Waals surface area contributed by atoms with Crippen molar-refractivity contribution in [2.75, 3.05) is 13.7 Å². The van der Waals surface area contributed by atoms with Gasteiger partial charge in [0.05, 0.1) is 19.0 Å². The molecule has 5 heteroatoms. The van der Waals surface area contributed by atoms with Crippen LogP contribution in [0.1, 0.15) is 36.0 Å². The van der Waals surface area contributed by atoms with Crippen LogP contribution in [0.4, 0.5) is 0 Å². The zero-order valence-electron chi connectivity index (χ0n) is 13.2. The van der Waals surface area contributed by atoms with Crippen LogP contribution in [0.25, 0.3) is 10.9 Å². The Bertz CT molecular complexity index is 724. The molecule has 5 nitrogen and oxygen atoms in total. The number of carbonyl (C=O) groups excluding carboxylic acids is 2. The predicted octanol–water partition coefficient (Wildman–Crippen LogP) is 2.79. The van der Waals surface area contributed by atoms with E-state index in [2.05, 4.69) is 4.98 Å². The van der Waals surface area contributed by atoms with Gasteiger partial charge in [0.2, 0.25) is 0 Å². The Labute approximate surface area is 135 Å². The predicted molar refractivity (Wildman–Crippen MR) is 87.1 cm³/mol. The number of benzene rings is 1. The highest BCUT2D eigenvalue weighted by molar-refractivity contribution is 6.06. The molecule has 1 aliphatic heterocycles. The number of pyridine rings is 1. The standard InChI is InChI=1S/C18H20N2O3/c1-23-17(21)12-13-6-2-3-11-20(13)18(22)15-7-4-9-16-14(15)8-5-10-19-16/h4-5,7-10,13H,2-3,6,11-12H2,1H3. The van der Waals surface area contributed by atoms with E-state index in [1.807, 2.05) is 35.2 Å². The number of aromatic nitrogens is 1. The fourth-order valence-electron chi connectivity index (χ4n) is 3.20. The number of likely N-dealkylation sites (tertiary alicyclic amines) is 1. The highest BCUT2D eigenvalue weighted by Gasteiger charge is 2.30. The number of fused-ring (bicyclic) bond motifs is 1. The second-order valence-corrected chi connectivity index (χ2v) is 5.80. The Morgan fingerprint density at radius 1 is 1.26 bits per heavy atom. The molecule has 1 aromatic carbocycles. The van der Waals surface area contributed by atoms with E-state index in [1.54, 1.807) is 6.20 Å². The largest absolute Gasteiger partial charge is 0.469 e. The first-order valence-corrected chi connectivity index (χ1v) is 7.92. The van der Waals surface area contributed by atoms with Gasteiger partial charge in [0.15, 0.2) is 0 Å². The van der Waals surface area contributed by atoms with Crippen molar-refractivity contribution < 1.29 is 14.3 Å². The molecule has 3 rings (SSSR count). The van der Waals surface area contributed by atoms with E-state index in [-0.39, 0.29) is 24.3 Å². The van der Waals surface area contributed by atoms with Gasteiger partial charge in [-0.3, -0.25) is 14.6 Å². The van der Waals surface area contributed by atoms with Gasteiger partial charge < -0.3 is 9.64 Å². The lowest BCUT2D eigenvalue weighted by molar-refractivity contribution is -0.142. The lowest BCUT2D eigenvalue weighted by Crippen LogP contribution is -2.45. The van der Waals surface area contributed by atoms with Gasteiger partial charge in [0, 0.05) is 29.7 Å². The second-order valence-electron chi connectivity index (χ2n) is 5.80. The van der Waals surface area contributed by atoms with E-state index in [1.165, 1.54) is 7.11 Å². The molecule has 1 aliphatic rings. The maximum Gasteiger partial charge on any atom is 0.307 e. The fraction of sp³-hybridized carbons (Fsp3) is 0.389. The molecule has 0 aliphatic carbocycles.